The van der Waals surface area contributed by atoms with Crippen LogP contribution in [0.1, 0.15) is 5.69 Å². The van der Waals surface area contributed by atoms with Crippen LogP contribution in [0.2, 0.25) is 0 Å². The van der Waals surface area contributed by atoms with Gasteiger partial charge in [-0.15, -0.1) is 0 Å². The molecule has 3 rings (SSSR count). The van der Waals surface area contributed by atoms with E-state index in [9.17, 15) is 0 Å². The number of rotatable bonds is 3. The van der Waals surface area contributed by atoms with E-state index >= 15 is 0 Å². The highest BCUT2D eigenvalue weighted by Crippen LogP contribution is 2.24. The summed E-state index contributed by atoms with van der Waals surface area (Å²) < 4.78 is 10.4. The second-order valence-corrected chi connectivity index (χ2v) is 4.07. The molecule has 2 heterocycles. The lowest BCUT2D eigenvalue weighted by molar-refractivity contribution is 0.414. The van der Waals surface area contributed by atoms with Crippen LogP contribution in [0.15, 0.2) is 41.1 Å². The van der Waals surface area contributed by atoms with E-state index in [1.807, 2.05) is 30.3 Å². The summed E-state index contributed by atoms with van der Waals surface area (Å²) in [5.74, 6) is 1.56. The molecule has 98 valence electrons. The number of methoxy groups -OCH3 is 1. The van der Waals surface area contributed by atoms with Crippen LogP contribution in [0.5, 0.6) is 5.75 Å². The Morgan fingerprint density at radius 3 is 2.95 bits per heavy atom. The van der Waals surface area contributed by atoms with Gasteiger partial charge in [0.15, 0.2) is 0 Å². The molecule has 0 saturated heterocycles. The first-order valence-corrected chi connectivity index (χ1v) is 5.87. The maximum atomic E-state index is 8.78. The van der Waals surface area contributed by atoms with Crippen molar-refractivity contribution in [1.29, 1.82) is 5.26 Å². The van der Waals surface area contributed by atoms with E-state index in [0.717, 1.165) is 11.3 Å². The van der Waals surface area contributed by atoms with E-state index in [1.165, 1.54) is 0 Å². The van der Waals surface area contributed by atoms with Gasteiger partial charge in [-0.2, -0.15) is 10.2 Å². The topological polar surface area (TPSA) is 87.7 Å². The summed E-state index contributed by atoms with van der Waals surface area (Å²) in [6.45, 7) is 0. The Morgan fingerprint density at radius 1 is 1.30 bits per heavy atom. The predicted molar refractivity (Wildman–Crippen MR) is 70.8 cm³/mol. The third-order valence-corrected chi connectivity index (χ3v) is 2.80. The SMILES string of the molecule is COc1cccc(-c2noc(-c3c[nH]c(C#N)c3)n2)c1. The number of hydrogen-bond donors (Lipinski definition) is 1. The number of hydrogen-bond acceptors (Lipinski definition) is 5. The van der Waals surface area contributed by atoms with Crippen molar-refractivity contribution in [1.82, 2.24) is 15.1 Å². The molecule has 0 saturated carbocycles. The number of nitriles is 1. The minimum Gasteiger partial charge on any atom is -0.497 e. The van der Waals surface area contributed by atoms with Gasteiger partial charge in [0.05, 0.1) is 12.7 Å². The molecule has 0 spiro atoms. The molecular weight excluding hydrogens is 256 g/mol. The van der Waals surface area contributed by atoms with Crippen molar-refractivity contribution in [2.75, 3.05) is 7.11 Å². The molecule has 3 aromatic rings. The van der Waals surface area contributed by atoms with Gasteiger partial charge in [-0.25, -0.2) is 0 Å². The van der Waals surface area contributed by atoms with E-state index in [1.54, 1.807) is 19.4 Å². The molecule has 0 aliphatic rings. The largest absolute Gasteiger partial charge is 0.497 e. The molecule has 1 N–H and O–H groups in total. The van der Waals surface area contributed by atoms with E-state index in [4.69, 9.17) is 14.5 Å². The number of nitrogens with zero attached hydrogens (tertiary/aromatic N) is 3. The van der Waals surface area contributed by atoms with Crippen LogP contribution in [-0.4, -0.2) is 22.2 Å². The van der Waals surface area contributed by atoms with Crippen molar-refractivity contribution in [3.63, 3.8) is 0 Å². The molecule has 20 heavy (non-hydrogen) atoms. The highest BCUT2D eigenvalue weighted by Gasteiger charge is 2.12. The Kier molecular flexibility index (Phi) is 2.94. The van der Waals surface area contributed by atoms with Crippen molar-refractivity contribution < 1.29 is 9.26 Å². The smallest absolute Gasteiger partial charge is 0.259 e. The molecule has 0 bridgehead atoms. The molecule has 1 aromatic carbocycles. The molecular formula is C14H10N4O2. The van der Waals surface area contributed by atoms with Gasteiger partial charge >= 0.3 is 0 Å². The van der Waals surface area contributed by atoms with E-state index in [2.05, 4.69) is 15.1 Å². The Morgan fingerprint density at radius 2 is 2.20 bits per heavy atom. The standard InChI is InChI=1S/C14H10N4O2/c1-19-12-4-2-3-9(6-12)13-17-14(20-18-13)10-5-11(7-15)16-8-10/h2-6,8,16H,1H3. The number of ether oxygens (including phenoxy) is 1. The fourth-order valence-electron chi connectivity index (χ4n) is 1.80. The maximum Gasteiger partial charge on any atom is 0.259 e. The average molecular weight is 266 g/mol. The van der Waals surface area contributed by atoms with E-state index in [0.29, 0.717) is 23.0 Å². The number of benzene rings is 1. The zero-order chi connectivity index (χ0) is 13.9. The second kappa shape index (κ2) is 4.90. The summed E-state index contributed by atoms with van der Waals surface area (Å²) in [6, 6.07) is 11.1. The zero-order valence-electron chi connectivity index (χ0n) is 10.6. The maximum absolute atomic E-state index is 8.78. The van der Waals surface area contributed by atoms with Gasteiger partial charge in [-0.05, 0) is 18.2 Å². The van der Waals surface area contributed by atoms with Crippen LogP contribution in [-0.2, 0) is 0 Å². The van der Waals surface area contributed by atoms with Gasteiger partial charge < -0.3 is 14.2 Å². The molecule has 0 radical (unpaired) electrons. The van der Waals surface area contributed by atoms with Gasteiger partial charge in [-0.1, -0.05) is 17.3 Å². The normalized spacial score (nSPS) is 10.2. The molecule has 0 aliphatic carbocycles. The lowest BCUT2D eigenvalue weighted by atomic mass is 10.2. The highest BCUT2D eigenvalue weighted by molar-refractivity contribution is 5.61. The van der Waals surface area contributed by atoms with Crippen LogP contribution in [0.25, 0.3) is 22.8 Å². The van der Waals surface area contributed by atoms with Gasteiger partial charge in [-0.3, -0.25) is 0 Å². The third kappa shape index (κ3) is 2.12. The fourth-order valence-corrected chi connectivity index (χ4v) is 1.80. The first-order chi connectivity index (χ1) is 9.80. The summed E-state index contributed by atoms with van der Waals surface area (Å²) in [4.78, 5) is 7.12. The lowest BCUT2D eigenvalue weighted by Gasteiger charge is -1.99. The molecule has 6 nitrogen and oxygen atoms in total. The fraction of sp³-hybridized carbons (Fsp3) is 0.0714. The molecule has 6 heteroatoms. The van der Waals surface area contributed by atoms with Gasteiger partial charge in [0.1, 0.15) is 17.5 Å². The first kappa shape index (κ1) is 12.0. The van der Waals surface area contributed by atoms with Crippen LogP contribution in [0.3, 0.4) is 0 Å². The van der Waals surface area contributed by atoms with E-state index in [-0.39, 0.29) is 0 Å². The van der Waals surface area contributed by atoms with Crippen LogP contribution >= 0.6 is 0 Å². The van der Waals surface area contributed by atoms with Crippen LogP contribution in [0, 0.1) is 11.3 Å². The van der Waals surface area contributed by atoms with Crippen molar-refractivity contribution in [3.05, 3.63) is 42.2 Å². The minimum absolute atomic E-state index is 0.362. The summed E-state index contributed by atoms with van der Waals surface area (Å²) in [5.41, 5.74) is 1.93. The highest BCUT2D eigenvalue weighted by atomic mass is 16.5. The second-order valence-electron chi connectivity index (χ2n) is 4.07. The van der Waals surface area contributed by atoms with Crippen molar-refractivity contribution in [2.24, 2.45) is 0 Å². The van der Waals surface area contributed by atoms with Gasteiger partial charge in [0.25, 0.3) is 5.89 Å². The molecule has 0 unspecified atom stereocenters. The average Bonchev–Trinajstić information content (AvgIpc) is 3.15. The third-order valence-electron chi connectivity index (χ3n) is 2.80. The van der Waals surface area contributed by atoms with E-state index < -0.39 is 0 Å². The molecule has 2 aromatic heterocycles. The van der Waals surface area contributed by atoms with Crippen LogP contribution in [0.4, 0.5) is 0 Å². The predicted octanol–water partition coefficient (Wildman–Crippen LogP) is 2.61. The van der Waals surface area contributed by atoms with Crippen molar-refractivity contribution >= 4 is 0 Å². The Bertz CT molecular complexity index is 782. The quantitative estimate of drug-likeness (QED) is 0.787. The van der Waals surface area contributed by atoms with Gasteiger partial charge in [0, 0.05) is 11.8 Å². The number of nitrogens with one attached hydrogen (secondary N) is 1. The number of aromatic nitrogens is 3. The summed E-state index contributed by atoms with van der Waals surface area (Å²) in [7, 11) is 1.60. The summed E-state index contributed by atoms with van der Waals surface area (Å²) in [5, 5.41) is 12.7. The minimum atomic E-state index is 0.362. The molecule has 0 amide bonds. The zero-order valence-corrected chi connectivity index (χ0v) is 10.6. The first-order valence-electron chi connectivity index (χ1n) is 5.87. The Hall–Kier alpha value is -3.07. The summed E-state index contributed by atoms with van der Waals surface area (Å²) in [6.07, 6.45) is 1.65. The number of aromatic amines is 1. The number of H-pyrrole nitrogens is 1. The molecule has 0 atom stereocenters. The monoisotopic (exact) mass is 266 g/mol. The Labute approximate surface area is 114 Å². The molecule has 0 aliphatic heterocycles. The van der Waals surface area contributed by atoms with Crippen LogP contribution < -0.4 is 4.74 Å². The van der Waals surface area contributed by atoms with Gasteiger partial charge in [0.2, 0.25) is 5.82 Å². The summed E-state index contributed by atoms with van der Waals surface area (Å²) >= 11 is 0. The Balaban J connectivity index is 1.95. The van der Waals surface area contributed by atoms with Crippen molar-refractivity contribution in [2.45, 2.75) is 0 Å². The lowest BCUT2D eigenvalue weighted by Crippen LogP contribution is -1.85. The van der Waals surface area contributed by atoms with Crippen molar-refractivity contribution in [3.8, 4) is 34.7 Å². The molecule has 0 fully saturated rings.